The summed E-state index contributed by atoms with van der Waals surface area (Å²) >= 11 is 12.2. The molecule has 0 unspecified atom stereocenters. The first-order valence-corrected chi connectivity index (χ1v) is 14.8. The minimum Gasteiger partial charge on any atom is -0.495 e. The first-order valence-electron chi connectivity index (χ1n) is 12.6. The van der Waals surface area contributed by atoms with E-state index in [1.54, 1.807) is 47.4 Å². The van der Waals surface area contributed by atoms with Crippen molar-refractivity contribution in [3.05, 3.63) is 87.4 Å². The number of carbonyl (C=O) groups excluding carboxylic acids is 1. The van der Waals surface area contributed by atoms with Crippen molar-refractivity contribution in [1.29, 1.82) is 0 Å². The fraction of sp³-hybridized carbons (Fsp3) is 0.241. The number of sulfonamides is 1. The lowest BCUT2D eigenvalue weighted by Crippen LogP contribution is -2.48. The predicted molar refractivity (Wildman–Crippen MR) is 162 cm³/mol. The van der Waals surface area contributed by atoms with E-state index in [0.717, 1.165) is 5.56 Å². The highest BCUT2D eigenvalue weighted by atomic mass is 35.5. The number of hydrogen-bond donors (Lipinski definition) is 1. The van der Waals surface area contributed by atoms with Crippen LogP contribution in [0.1, 0.15) is 28.4 Å². The molecule has 0 aromatic heterocycles. The Morgan fingerprint density at radius 2 is 1.82 bits per heavy atom. The molecular weight excluding hydrogens is 571 g/mol. The van der Waals surface area contributed by atoms with Crippen LogP contribution in [0.2, 0.25) is 10.0 Å². The molecule has 1 aliphatic rings. The second kappa shape index (κ2) is 12.9. The SMILES string of the molecule is C=Nc1c(/C=C\C)cccc1S(=O)(=O)Nc1ccc(C(=O)N2CCN(Cc3ccc(Cl)c(Cl)c3)CC2)cc1OC. The predicted octanol–water partition coefficient (Wildman–Crippen LogP) is 6.13. The number of anilines is 1. The molecule has 0 atom stereocenters. The van der Waals surface area contributed by atoms with Crippen molar-refractivity contribution in [2.45, 2.75) is 18.4 Å². The normalized spacial score (nSPS) is 14.3. The molecule has 3 aromatic carbocycles. The molecule has 4 rings (SSSR count). The maximum atomic E-state index is 13.3. The molecule has 0 saturated carbocycles. The molecule has 8 nitrogen and oxygen atoms in total. The Morgan fingerprint density at radius 1 is 1.07 bits per heavy atom. The van der Waals surface area contributed by atoms with Crippen molar-refractivity contribution in [2.24, 2.45) is 4.99 Å². The number of nitrogens with zero attached hydrogens (tertiary/aromatic N) is 3. The molecular formula is C29H30Cl2N4O4S. The minimum absolute atomic E-state index is 0.0148. The van der Waals surface area contributed by atoms with Crippen LogP contribution < -0.4 is 9.46 Å². The van der Waals surface area contributed by atoms with E-state index in [1.165, 1.54) is 19.2 Å². The van der Waals surface area contributed by atoms with E-state index in [1.807, 2.05) is 19.1 Å². The molecule has 0 aliphatic carbocycles. The average molecular weight is 602 g/mol. The lowest BCUT2D eigenvalue weighted by Gasteiger charge is -2.35. The molecule has 0 radical (unpaired) electrons. The number of benzene rings is 3. The lowest BCUT2D eigenvalue weighted by atomic mass is 10.1. The minimum atomic E-state index is -4.03. The van der Waals surface area contributed by atoms with E-state index < -0.39 is 10.0 Å². The standard InChI is InChI=1S/C29H30Cl2N4O4S/c1-4-6-21-7-5-8-27(28(21)32-2)40(37,38)33-25-12-10-22(18-26(25)39-3)29(36)35-15-13-34(14-16-35)19-20-9-11-23(30)24(31)17-20/h4-12,17-18,33H,2,13-16,19H2,1,3H3/b6-4-. The van der Waals surface area contributed by atoms with E-state index >= 15 is 0 Å². The molecule has 210 valence electrons. The molecule has 1 amide bonds. The zero-order valence-corrected chi connectivity index (χ0v) is 24.6. The van der Waals surface area contributed by atoms with Crippen molar-refractivity contribution in [2.75, 3.05) is 38.0 Å². The van der Waals surface area contributed by atoms with Gasteiger partial charge in [-0.1, -0.05) is 53.6 Å². The third-order valence-corrected chi connectivity index (χ3v) is 8.70. The number of aliphatic imine (C=N–C) groups is 1. The summed E-state index contributed by atoms with van der Waals surface area (Å²) in [6.45, 7) is 8.59. The Morgan fingerprint density at radius 3 is 2.48 bits per heavy atom. The molecule has 40 heavy (non-hydrogen) atoms. The number of piperazine rings is 1. The number of hydrogen-bond acceptors (Lipinski definition) is 6. The highest BCUT2D eigenvalue weighted by Gasteiger charge is 2.25. The molecule has 1 heterocycles. The van der Waals surface area contributed by atoms with Gasteiger partial charge in [-0.3, -0.25) is 19.4 Å². The number of methoxy groups -OCH3 is 1. The van der Waals surface area contributed by atoms with Gasteiger partial charge in [-0.2, -0.15) is 0 Å². The summed E-state index contributed by atoms with van der Waals surface area (Å²) in [5.41, 5.74) is 2.54. The van der Waals surface area contributed by atoms with E-state index in [2.05, 4.69) is 21.3 Å². The number of ether oxygens (including phenoxy) is 1. The number of carbonyl (C=O) groups is 1. The zero-order chi connectivity index (χ0) is 28.9. The van der Waals surface area contributed by atoms with Gasteiger partial charge in [0, 0.05) is 43.9 Å². The van der Waals surface area contributed by atoms with Crippen LogP contribution in [-0.4, -0.2) is 64.1 Å². The molecule has 0 bridgehead atoms. The monoisotopic (exact) mass is 600 g/mol. The first-order chi connectivity index (χ1) is 19.2. The van der Waals surface area contributed by atoms with Crippen LogP contribution in [0.15, 0.2) is 70.6 Å². The maximum absolute atomic E-state index is 13.3. The van der Waals surface area contributed by atoms with E-state index in [9.17, 15) is 13.2 Å². The third-order valence-electron chi connectivity index (χ3n) is 6.57. The van der Waals surface area contributed by atoms with Gasteiger partial charge in [-0.25, -0.2) is 8.42 Å². The number of rotatable bonds is 9. The van der Waals surface area contributed by atoms with Gasteiger partial charge in [0.05, 0.1) is 28.5 Å². The second-order valence-corrected chi connectivity index (χ2v) is 11.7. The molecule has 11 heteroatoms. The Bertz CT molecular complexity index is 1550. The Hall–Kier alpha value is -3.37. The van der Waals surface area contributed by atoms with E-state index in [0.29, 0.717) is 53.9 Å². The Balaban J connectivity index is 1.46. The van der Waals surface area contributed by atoms with Crippen LogP contribution in [0, 0.1) is 0 Å². The van der Waals surface area contributed by atoms with Gasteiger partial charge in [-0.05, 0) is 55.6 Å². The third kappa shape index (κ3) is 6.67. The van der Waals surface area contributed by atoms with Gasteiger partial charge in [0.2, 0.25) is 0 Å². The van der Waals surface area contributed by atoms with Crippen LogP contribution in [0.5, 0.6) is 5.75 Å². The van der Waals surface area contributed by atoms with Crippen LogP contribution in [0.3, 0.4) is 0 Å². The molecule has 3 aromatic rings. The van der Waals surface area contributed by atoms with Crippen molar-refractivity contribution in [1.82, 2.24) is 9.80 Å². The number of para-hydroxylation sites is 1. The quantitative estimate of drug-likeness (QED) is 0.298. The zero-order valence-electron chi connectivity index (χ0n) is 22.2. The summed E-state index contributed by atoms with van der Waals surface area (Å²) in [7, 11) is -2.61. The fourth-order valence-corrected chi connectivity index (χ4v) is 6.12. The van der Waals surface area contributed by atoms with Crippen LogP contribution in [0.25, 0.3) is 6.08 Å². The lowest BCUT2D eigenvalue weighted by molar-refractivity contribution is 0.0628. The summed E-state index contributed by atoms with van der Waals surface area (Å²) in [6, 6.07) is 15.1. The van der Waals surface area contributed by atoms with Crippen LogP contribution >= 0.6 is 23.2 Å². The summed E-state index contributed by atoms with van der Waals surface area (Å²) in [5.74, 6) is 0.0736. The highest BCUT2D eigenvalue weighted by molar-refractivity contribution is 7.92. The van der Waals surface area contributed by atoms with Gasteiger partial charge in [0.25, 0.3) is 15.9 Å². The number of nitrogens with one attached hydrogen (secondary N) is 1. The largest absolute Gasteiger partial charge is 0.495 e. The number of allylic oxidation sites excluding steroid dienone is 1. The molecule has 0 spiro atoms. The highest BCUT2D eigenvalue weighted by Crippen LogP contribution is 2.33. The average Bonchev–Trinajstić information content (AvgIpc) is 2.95. The van der Waals surface area contributed by atoms with Crippen LogP contribution in [0.4, 0.5) is 11.4 Å². The fourth-order valence-electron chi connectivity index (χ4n) is 4.54. The van der Waals surface area contributed by atoms with Crippen LogP contribution in [-0.2, 0) is 16.6 Å². The Kier molecular flexibility index (Phi) is 9.52. The molecule has 1 fully saturated rings. The number of amides is 1. The van der Waals surface area contributed by atoms with Crippen molar-refractivity contribution >= 4 is 63.3 Å². The summed E-state index contributed by atoms with van der Waals surface area (Å²) in [6.07, 6.45) is 3.55. The molecule has 1 saturated heterocycles. The topological polar surface area (TPSA) is 91.3 Å². The molecule has 1 aliphatic heterocycles. The first kappa shape index (κ1) is 29.6. The van der Waals surface area contributed by atoms with Crippen molar-refractivity contribution in [3.8, 4) is 5.75 Å². The number of halogens is 2. The molecule has 1 N–H and O–H groups in total. The van der Waals surface area contributed by atoms with Crippen molar-refractivity contribution in [3.63, 3.8) is 0 Å². The van der Waals surface area contributed by atoms with Gasteiger partial charge in [0.1, 0.15) is 10.6 Å². The van der Waals surface area contributed by atoms with Gasteiger partial charge in [0.15, 0.2) is 0 Å². The summed E-state index contributed by atoms with van der Waals surface area (Å²) < 4.78 is 34.6. The summed E-state index contributed by atoms with van der Waals surface area (Å²) in [4.78, 5) is 21.2. The van der Waals surface area contributed by atoms with E-state index in [-0.39, 0.29) is 27.9 Å². The summed E-state index contributed by atoms with van der Waals surface area (Å²) in [5, 5.41) is 1.04. The maximum Gasteiger partial charge on any atom is 0.264 e. The van der Waals surface area contributed by atoms with Crippen molar-refractivity contribution < 1.29 is 17.9 Å². The van der Waals surface area contributed by atoms with Gasteiger partial charge >= 0.3 is 0 Å². The van der Waals surface area contributed by atoms with Gasteiger partial charge < -0.3 is 9.64 Å². The van der Waals surface area contributed by atoms with E-state index in [4.69, 9.17) is 27.9 Å². The second-order valence-electron chi connectivity index (χ2n) is 9.19. The smallest absolute Gasteiger partial charge is 0.264 e. The Labute approximate surface area is 244 Å². The van der Waals surface area contributed by atoms with Gasteiger partial charge in [-0.15, -0.1) is 0 Å².